The standard InChI is InChI=1S/C17H19N5S/c1-12-2-3-15(18-8-12)19-9-13-4-6-22(10-13)16-14-5-7-23-17(14)21-11-20-16/h2-3,5,7-8,11,13H,4,6,9-10H2,1H3,(H,18,19)/t13-/m1/s1. The molecule has 0 saturated carbocycles. The maximum atomic E-state index is 4.51. The van der Waals surface area contributed by atoms with E-state index in [1.54, 1.807) is 17.7 Å². The van der Waals surface area contributed by atoms with Crippen LogP contribution in [0.4, 0.5) is 11.6 Å². The van der Waals surface area contributed by atoms with Crippen LogP contribution >= 0.6 is 11.3 Å². The first-order valence-electron chi connectivity index (χ1n) is 7.89. The van der Waals surface area contributed by atoms with Crippen LogP contribution in [0.3, 0.4) is 0 Å². The zero-order valence-electron chi connectivity index (χ0n) is 13.1. The van der Waals surface area contributed by atoms with Crippen LogP contribution in [0.1, 0.15) is 12.0 Å². The summed E-state index contributed by atoms with van der Waals surface area (Å²) in [5.41, 5.74) is 1.19. The van der Waals surface area contributed by atoms with Gasteiger partial charge >= 0.3 is 0 Å². The maximum Gasteiger partial charge on any atom is 0.140 e. The highest BCUT2D eigenvalue weighted by atomic mass is 32.1. The fourth-order valence-corrected chi connectivity index (χ4v) is 3.77. The number of hydrogen-bond acceptors (Lipinski definition) is 6. The van der Waals surface area contributed by atoms with Gasteiger partial charge in [0.15, 0.2) is 0 Å². The molecule has 3 aromatic rings. The summed E-state index contributed by atoms with van der Waals surface area (Å²) in [7, 11) is 0. The van der Waals surface area contributed by atoms with E-state index < -0.39 is 0 Å². The van der Waals surface area contributed by atoms with E-state index in [1.807, 2.05) is 12.3 Å². The summed E-state index contributed by atoms with van der Waals surface area (Å²) >= 11 is 1.67. The van der Waals surface area contributed by atoms with Crippen molar-refractivity contribution >= 4 is 33.2 Å². The molecule has 0 spiro atoms. The molecule has 0 bridgehead atoms. The monoisotopic (exact) mass is 325 g/mol. The van der Waals surface area contributed by atoms with Gasteiger partial charge in [-0.1, -0.05) is 6.07 Å². The van der Waals surface area contributed by atoms with E-state index in [4.69, 9.17) is 0 Å². The van der Waals surface area contributed by atoms with Gasteiger partial charge in [0, 0.05) is 25.8 Å². The van der Waals surface area contributed by atoms with E-state index in [2.05, 4.69) is 49.6 Å². The maximum absolute atomic E-state index is 4.51. The summed E-state index contributed by atoms with van der Waals surface area (Å²) < 4.78 is 0. The lowest BCUT2D eigenvalue weighted by atomic mass is 10.1. The van der Waals surface area contributed by atoms with Crippen molar-refractivity contribution in [2.45, 2.75) is 13.3 Å². The van der Waals surface area contributed by atoms with E-state index in [-0.39, 0.29) is 0 Å². The lowest BCUT2D eigenvalue weighted by Crippen LogP contribution is -2.23. The van der Waals surface area contributed by atoms with Crippen molar-refractivity contribution in [3.05, 3.63) is 41.7 Å². The molecular weight excluding hydrogens is 306 g/mol. The molecule has 4 rings (SSSR count). The van der Waals surface area contributed by atoms with E-state index in [0.717, 1.165) is 36.1 Å². The molecular formula is C17H19N5S. The van der Waals surface area contributed by atoms with Crippen LogP contribution in [-0.4, -0.2) is 34.6 Å². The number of aromatic nitrogens is 3. The lowest BCUT2D eigenvalue weighted by molar-refractivity contribution is 0.621. The third kappa shape index (κ3) is 2.99. The van der Waals surface area contributed by atoms with Crippen LogP contribution in [0, 0.1) is 12.8 Å². The Kier molecular flexibility index (Phi) is 3.83. The third-order valence-corrected chi connectivity index (χ3v) is 5.13. The lowest BCUT2D eigenvalue weighted by Gasteiger charge is -2.18. The Hall–Kier alpha value is -2.21. The van der Waals surface area contributed by atoms with Gasteiger partial charge in [-0.2, -0.15) is 0 Å². The first kappa shape index (κ1) is 14.4. The van der Waals surface area contributed by atoms with Gasteiger partial charge < -0.3 is 10.2 Å². The minimum Gasteiger partial charge on any atom is -0.370 e. The van der Waals surface area contributed by atoms with E-state index in [0.29, 0.717) is 5.92 Å². The van der Waals surface area contributed by atoms with Gasteiger partial charge in [-0.25, -0.2) is 15.0 Å². The molecule has 4 heterocycles. The zero-order chi connectivity index (χ0) is 15.6. The molecule has 1 aliphatic rings. The van der Waals surface area contributed by atoms with Crippen molar-refractivity contribution in [2.75, 3.05) is 29.9 Å². The molecule has 1 aliphatic heterocycles. The molecule has 23 heavy (non-hydrogen) atoms. The number of fused-ring (bicyclic) bond motifs is 1. The van der Waals surface area contributed by atoms with E-state index in [1.165, 1.54) is 17.4 Å². The molecule has 0 unspecified atom stereocenters. The summed E-state index contributed by atoms with van der Waals surface area (Å²) in [4.78, 5) is 16.7. The van der Waals surface area contributed by atoms with Crippen molar-refractivity contribution in [1.82, 2.24) is 15.0 Å². The number of nitrogens with zero attached hydrogens (tertiary/aromatic N) is 4. The fourth-order valence-electron chi connectivity index (χ4n) is 3.04. The second kappa shape index (κ2) is 6.12. The SMILES string of the molecule is Cc1ccc(NC[C@H]2CCN(c3ncnc4sccc34)C2)nc1. The molecule has 1 atom stereocenters. The molecule has 0 aliphatic carbocycles. The molecule has 1 saturated heterocycles. The Morgan fingerprint density at radius 1 is 1.26 bits per heavy atom. The predicted molar refractivity (Wildman–Crippen MR) is 95.2 cm³/mol. The number of thiophene rings is 1. The normalized spacial score (nSPS) is 17.8. The van der Waals surface area contributed by atoms with Crippen LogP contribution in [0.25, 0.3) is 10.2 Å². The predicted octanol–water partition coefficient (Wildman–Crippen LogP) is 3.33. The second-order valence-electron chi connectivity index (χ2n) is 6.04. The molecule has 3 aromatic heterocycles. The highest BCUT2D eigenvalue weighted by Gasteiger charge is 2.25. The minimum absolute atomic E-state index is 0.613. The average molecular weight is 325 g/mol. The van der Waals surface area contributed by atoms with Crippen LogP contribution in [0.5, 0.6) is 0 Å². The van der Waals surface area contributed by atoms with Crippen LogP contribution in [0.15, 0.2) is 36.1 Å². The van der Waals surface area contributed by atoms with E-state index in [9.17, 15) is 0 Å². The number of nitrogens with one attached hydrogen (secondary N) is 1. The van der Waals surface area contributed by atoms with Gasteiger partial charge in [-0.15, -0.1) is 11.3 Å². The molecule has 1 N–H and O–H groups in total. The largest absolute Gasteiger partial charge is 0.370 e. The molecule has 0 amide bonds. The van der Waals surface area contributed by atoms with Crippen molar-refractivity contribution in [3.8, 4) is 0 Å². The highest BCUT2D eigenvalue weighted by molar-refractivity contribution is 7.16. The summed E-state index contributed by atoms with van der Waals surface area (Å²) in [6.45, 7) is 5.08. The smallest absolute Gasteiger partial charge is 0.140 e. The van der Waals surface area contributed by atoms with Crippen LogP contribution in [0.2, 0.25) is 0 Å². The van der Waals surface area contributed by atoms with Crippen molar-refractivity contribution in [1.29, 1.82) is 0 Å². The van der Waals surface area contributed by atoms with Gasteiger partial charge in [-0.3, -0.25) is 0 Å². The Labute approximate surface area is 139 Å². The number of hydrogen-bond donors (Lipinski definition) is 1. The van der Waals surface area contributed by atoms with Crippen molar-refractivity contribution in [2.24, 2.45) is 5.92 Å². The van der Waals surface area contributed by atoms with E-state index >= 15 is 0 Å². The van der Waals surface area contributed by atoms with Crippen LogP contribution < -0.4 is 10.2 Å². The number of pyridine rings is 1. The minimum atomic E-state index is 0.613. The second-order valence-corrected chi connectivity index (χ2v) is 6.93. The summed E-state index contributed by atoms with van der Waals surface area (Å²) in [5, 5.41) is 6.71. The summed E-state index contributed by atoms with van der Waals surface area (Å²) in [6.07, 6.45) is 4.75. The molecule has 5 nitrogen and oxygen atoms in total. The third-order valence-electron chi connectivity index (χ3n) is 4.31. The van der Waals surface area contributed by atoms with Gasteiger partial charge in [0.05, 0.1) is 5.39 Å². The molecule has 1 fully saturated rings. The Bertz CT molecular complexity index is 798. The molecule has 118 valence electrons. The number of aryl methyl sites for hydroxylation is 1. The quantitative estimate of drug-likeness (QED) is 0.797. The van der Waals surface area contributed by atoms with Crippen molar-refractivity contribution < 1.29 is 0 Å². The summed E-state index contributed by atoms with van der Waals surface area (Å²) in [5.74, 6) is 2.64. The van der Waals surface area contributed by atoms with Gasteiger partial charge in [-0.05, 0) is 42.3 Å². The molecule has 6 heteroatoms. The zero-order valence-corrected chi connectivity index (χ0v) is 13.9. The summed E-state index contributed by atoms with van der Waals surface area (Å²) in [6, 6.07) is 6.25. The topological polar surface area (TPSA) is 53.9 Å². The van der Waals surface area contributed by atoms with Gasteiger partial charge in [0.1, 0.15) is 22.8 Å². The van der Waals surface area contributed by atoms with Gasteiger partial charge in [0.25, 0.3) is 0 Å². The molecule has 0 aromatic carbocycles. The van der Waals surface area contributed by atoms with Crippen LogP contribution in [-0.2, 0) is 0 Å². The first-order chi connectivity index (χ1) is 11.3. The average Bonchev–Trinajstić information content (AvgIpc) is 3.23. The Morgan fingerprint density at radius 3 is 3.09 bits per heavy atom. The van der Waals surface area contributed by atoms with Crippen molar-refractivity contribution in [3.63, 3.8) is 0 Å². The highest BCUT2D eigenvalue weighted by Crippen LogP contribution is 2.30. The first-order valence-corrected chi connectivity index (χ1v) is 8.77. The Balaban J connectivity index is 1.41. The number of rotatable bonds is 4. The number of anilines is 2. The van der Waals surface area contributed by atoms with Gasteiger partial charge in [0.2, 0.25) is 0 Å². The molecule has 0 radical (unpaired) electrons. The Morgan fingerprint density at radius 2 is 2.22 bits per heavy atom. The fraction of sp³-hybridized carbons (Fsp3) is 0.353.